The van der Waals surface area contributed by atoms with E-state index >= 15 is 0 Å². The van der Waals surface area contributed by atoms with Crippen LogP contribution in [0.3, 0.4) is 0 Å². The summed E-state index contributed by atoms with van der Waals surface area (Å²) in [4.78, 5) is 24.6. The highest BCUT2D eigenvalue weighted by Crippen LogP contribution is 2.16. The molecule has 23 heavy (non-hydrogen) atoms. The number of hydrogen-bond donors (Lipinski definition) is 2. The van der Waals surface area contributed by atoms with Crippen LogP contribution in [0.2, 0.25) is 0 Å². The lowest BCUT2D eigenvalue weighted by Crippen LogP contribution is -2.34. The van der Waals surface area contributed by atoms with Crippen molar-refractivity contribution in [3.8, 4) is 0 Å². The highest BCUT2D eigenvalue weighted by molar-refractivity contribution is 9.10. The lowest BCUT2D eigenvalue weighted by molar-refractivity contribution is -0.117. The van der Waals surface area contributed by atoms with Crippen molar-refractivity contribution in [3.63, 3.8) is 0 Å². The number of carbonyl (C=O) groups excluding carboxylic acids is 2. The number of hydrogen-bond acceptors (Lipinski definition) is 2. The van der Waals surface area contributed by atoms with Crippen molar-refractivity contribution in [2.75, 3.05) is 6.54 Å². The zero-order valence-electron chi connectivity index (χ0n) is 12.7. The van der Waals surface area contributed by atoms with Crippen LogP contribution in [-0.2, 0) is 4.79 Å². The molecule has 0 atom stereocenters. The number of likely N-dealkylation sites (N-methyl/N-ethyl adjacent to an activating group) is 1. The molecule has 118 valence electrons. The van der Waals surface area contributed by atoms with E-state index in [2.05, 4.69) is 26.6 Å². The molecule has 0 spiro atoms. The summed E-state index contributed by atoms with van der Waals surface area (Å²) in [6.07, 6.45) is 1.65. The smallest absolute Gasteiger partial charge is 0.267 e. The molecule has 2 aromatic rings. The second-order valence-corrected chi connectivity index (χ2v) is 5.62. The number of nitrogens with one attached hydrogen (secondary N) is 2. The molecule has 2 amide bonds. The minimum Gasteiger partial charge on any atom is -0.351 e. The zero-order valence-corrected chi connectivity index (χ0v) is 14.3. The molecule has 0 fully saturated rings. The Bertz CT molecular complexity index is 727. The van der Waals surface area contributed by atoms with Gasteiger partial charge in [0.25, 0.3) is 11.8 Å². The molecule has 2 aromatic carbocycles. The van der Waals surface area contributed by atoms with E-state index < -0.39 is 0 Å². The predicted molar refractivity (Wildman–Crippen MR) is 94.7 cm³/mol. The molecule has 0 aromatic heterocycles. The third-order valence-corrected chi connectivity index (χ3v) is 3.75. The Labute approximate surface area is 143 Å². The maximum atomic E-state index is 12.4. The van der Waals surface area contributed by atoms with E-state index in [-0.39, 0.29) is 17.5 Å². The minimum atomic E-state index is -0.342. The molecule has 0 unspecified atom stereocenters. The first kappa shape index (κ1) is 17.0. The Kier molecular flexibility index (Phi) is 6.11. The van der Waals surface area contributed by atoms with Gasteiger partial charge >= 0.3 is 0 Å². The van der Waals surface area contributed by atoms with Crippen LogP contribution in [-0.4, -0.2) is 18.4 Å². The molecule has 0 saturated heterocycles. The summed E-state index contributed by atoms with van der Waals surface area (Å²) < 4.78 is 0.674. The van der Waals surface area contributed by atoms with Gasteiger partial charge in [0.2, 0.25) is 0 Å². The van der Waals surface area contributed by atoms with E-state index in [1.54, 1.807) is 24.3 Å². The van der Waals surface area contributed by atoms with Crippen LogP contribution in [0, 0.1) is 0 Å². The van der Waals surface area contributed by atoms with Crippen molar-refractivity contribution in [2.24, 2.45) is 0 Å². The van der Waals surface area contributed by atoms with Crippen molar-refractivity contribution in [1.82, 2.24) is 10.6 Å². The first-order valence-electron chi connectivity index (χ1n) is 7.22. The fraction of sp³-hybridized carbons (Fsp3) is 0.111. The van der Waals surface area contributed by atoms with Crippen molar-refractivity contribution in [1.29, 1.82) is 0 Å². The van der Waals surface area contributed by atoms with E-state index in [0.29, 0.717) is 16.6 Å². The van der Waals surface area contributed by atoms with Gasteiger partial charge in [-0.1, -0.05) is 42.5 Å². The van der Waals surface area contributed by atoms with Gasteiger partial charge in [-0.2, -0.15) is 0 Å². The van der Waals surface area contributed by atoms with Crippen molar-refractivity contribution >= 4 is 33.8 Å². The average molecular weight is 373 g/mol. The molecule has 0 bridgehead atoms. The summed E-state index contributed by atoms with van der Waals surface area (Å²) in [5.74, 6) is -0.664. The molecular formula is C18H17BrN2O2. The predicted octanol–water partition coefficient (Wildman–Crippen LogP) is 3.36. The molecular weight excluding hydrogens is 356 g/mol. The molecule has 2 N–H and O–H groups in total. The van der Waals surface area contributed by atoms with Gasteiger partial charge in [0, 0.05) is 11.0 Å². The van der Waals surface area contributed by atoms with Gasteiger partial charge in [0.1, 0.15) is 5.70 Å². The average Bonchev–Trinajstić information content (AvgIpc) is 2.55. The second kappa shape index (κ2) is 8.29. The van der Waals surface area contributed by atoms with Crippen LogP contribution in [0.15, 0.2) is 64.8 Å². The van der Waals surface area contributed by atoms with Gasteiger partial charge in [-0.3, -0.25) is 9.59 Å². The highest BCUT2D eigenvalue weighted by atomic mass is 79.9. The quantitative estimate of drug-likeness (QED) is 0.790. The van der Waals surface area contributed by atoms with Crippen molar-refractivity contribution in [3.05, 3.63) is 75.9 Å². The highest BCUT2D eigenvalue weighted by Gasteiger charge is 2.15. The van der Waals surface area contributed by atoms with Crippen LogP contribution in [0.5, 0.6) is 0 Å². The van der Waals surface area contributed by atoms with E-state index in [9.17, 15) is 9.59 Å². The molecule has 0 radical (unpaired) electrons. The Balaban J connectivity index is 2.28. The summed E-state index contributed by atoms with van der Waals surface area (Å²) in [5.41, 5.74) is 1.51. The normalized spacial score (nSPS) is 11.0. The van der Waals surface area contributed by atoms with Gasteiger partial charge in [0.05, 0.1) is 5.56 Å². The number of benzene rings is 2. The topological polar surface area (TPSA) is 58.2 Å². The Morgan fingerprint density at radius 3 is 2.35 bits per heavy atom. The fourth-order valence-corrected chi connectivity index (χ4v) is 2.43. The summed E-state index contributed by atoms with van der Waals surface area (Å²) in [7, 11) is 0. The lowest BCUT2D eigenvalue weighted by atomic mass is 10.1. The number of rotatable bonds is 5. The number of halogens is 1. The zero-order chi connectivity index (χ0) is 16.7. The summed E-state index contributed by atoms with van der Waals surface area (Å²) >= 11 is 3.34. The largest absolute Gasteiger partial charge is 0.351 e. The minimum absolute atomic E-state index is 0.207. The molecule has 4 nitrogen and oxygen atoms in total. The molecule has 0 saturated carbocycles. The lowest BCUT2D eigenvalue weighted by Gasteiger charge is -2.11. The van der Waals surface area contributed by atoms with Crippen LogP contribution in [0.1, 0.15) is 22.8 Å². The summed E-state index contributed by atoms with van der Waals surface area (Å²) in [6.45, 7) is 2.31. The van der Waals surface area contributed by atoms with Crippen molar-refractivity contribution < 1.29 is 9.59 Å². The van der Waals surface area contributed by atoms with E-state index in [1.807, 2.05) is 43.3 Å². The van der Waals surface area contributed by atoms with Crippen LogP contribution < -0.4 is 10.6 Å². The molecule has 5 heteroatoms. The molecule has 0 aliphatic carbocycles. The van der Waals surface area contributed by atoms with Crippen LogP contribution >= 0.6 is 15.9 Å². The Morgan fingerprint density at radius 1 is 1.04 bits per heavy atom. The maximum Gasteiger partial charge on any atom is 0.267 e. The standard InChI is InChI=1S/C18H17BrN2O2/c1-2-20-18(23)16(12-13-8-4-3-5-9-13)21-17(22)14-10-6-7-11-15(14)19/h3-12H,2H2,1H3,(H,20,23)(H,21,22)/b16-12-. The van der Waals surface area contributed by atoms with Gasteiger partial charge in [-0.25, -0.2) is 0 Å². The number of amides is 2. The van der Waals surface area contributed by atoms with Crippen molar-refractivity contribution in [2.45, 2.75) is 6.92 Å². The second-order valence-electron chi connectivity index (χ2n) is 4.76. The Morgan fingerprint density at radius 2 is 1.70 bits per heavy atom. The molecule has 0 aliphatic heterocycles. The van der Waals surface area contributed by atoms with E-state index in [4.69, 9.17) is 0 Å². The first-order chi connectivity index (χ1) is 11.1. The Hall–Kier alpha value is -2.40. The van der Waals surface area contributed by atoms with Gasteiger partial charge in [-0.15, -0.1) is 0 Å². The third kappa shape index (κ3) is 4.79. The summed E-state index contributed by atoms with van der Waals surface area (Å²) in [6, 6.07) is 16.4. The van der Waals surface area contributed by atoms with Gasteiger partial charge in [-0.05, 0) is 46.6 Å². The summed E-state index contributed by atoms with van der Waals surface area (Å²) in [5, 5.41) is 5.39. The van der Waals surface area contributed by atoms with Gasteiger partial charge in [0.15, 0.2) is 0 Å². The van der Waals surface area contributed by atoms with Crippen LogP contribution in [0.4, 0.5) is 0 Å². The first-order valence-corrected chi connectivity index (χ1v) is 8.02. The monoisotopic (exact) mass is 372 g/mol. The molecule has 2 rings (SSSR count). The third-order valence-electron chi connectivity index (χ3n) is 3.06. The fourth-order valence-electron chi connectivity index (χ4n) is 1.97. The van der Waals surface area contributed by atoms with E-state index in [0.717, 1.165) is 5.56 Å². The maximum absolute atomic E-state index is 12.4. The molecule has 0 heterocycles. The SMILES string of the molecule is CCNC(=O)/C(=C/c1ccccc1)NC(=O)c1ccccc1Br. The van der Waals surface area contributed by atoms with E-state index in [1.165, 1.54) is 0 Å². The number of carbonyl (C=O) groups is 2. The molecule has 0 aliphatic rings. The van der Waals surface area contributed by atoms with Gasteiger partial charge < -0.3 is 10.6 Å². The van der Waals surface area contributed by atoms with Crippen LogP contribution in [0.25, 0.3) is 6.08 Å².